The van der Waals surface area contributed by atoms with Crippen molar-refractivity contribution in [1.29, 1.82) is 0 Å². The molecule has 0 aromatic rings. The molecule has 0 rings (SSSR count). The van der Waals surface area contributed by atoms with Crippen LogP contribution in [0.25, 0.3) is 0 Å². The van der Waals surface area contributed by atoms with Crippen molar-refractivity contribution in [3.8, 4) is 0 Å². The van der Waals surface area contributed by atoms with Crippen molar-refractivity contribution in [1.82, 2.24) is 0 Å². The van der Waals surface area contributed by atoms with Crippen LogP contribution in [0, 0.1) is 29.6 Å². The predicted molar refractivity (Wildman–Crippen MR) is 302 cm³/mol. The monoisotopic (exact) mass is 1010 g/mol. The number of methoxy groups -OCH3 is 1. The van der Waals surface area contributed by atoms with Gasteiger partial charge in [0.25, 0.3) is 0 Å². The Labute approximate surface area is 420 Å². The maximum Gasteiger partial charge on any atom is 0.330 e. The van der Waals surface area contributed by atoms with Crippen LogP contribution < -0.4 is 0 Å². The molecular formula is C56H110O7Si4. The first-order chi connectivity index (χ1) is 30.1. The van der Waals surface area contributed by atoms with Crippen molar-refractivity contribution < 1.29 is 32.3 Å². The maximum absolute atomic E-state index is 11.8. The third-order valence-corrected chi connectivity index (χ3v) is 34.3. The molecule has 0 heterocycles. The topological polar surface area (TPSA) is 83.5 Å². The van der Waals surface area contributed by atoms with Gasteiger partial charge in [0, 0.05) is 24.3 Å². The fourth-order valence-corrected chi connectivity index (χ4v) is 12.8. The smallest absolute Gasteiger partial charge is 0.330 e. The largest absolute Gasteiger partial charge is 0.466 e. The second-order valence-corrected chi connectivity index (χ2v) is 45.3. The zero-order valence-electron chi connectivity index (χ0n) is 48.6. The molecule has 0 unspecified atom stereocenters. The highest BCUT2D eigenvalue weighted by Gasteiger charge is 2.45. The Morgan fingerprint density at radius 1 is 0.552 bits per heavy atom. The van der Waals surface area contributed by atoms with E-state index in [2.05, 4.69) is 195 Å². The summed E-state index contributed by atoms with van der Waals surface area (Å²) in [7, 11) is -7.25. The number of aliphatic hydroxyl groups excluding tert-OH is 1. The Morgan fingerprint density at radius 3 is 1.45 bits per heavy atom. The summed E-state index contributed by atoms with van der Waals surface area (Å²) in [6.07, 6.45) is 21.8. The molecule has 10 atom stereocenters. The van der Waals surface area contributed by atoms with Gasteiger partial charge in [-0.05, 0) is 103 Å². The van der Waals surface area contributed by atoms with Crippen LogP contribution in [0.15, 0.2) is 61.3 Å². The Morgan fingerprint density at radius 2 is 0.985 bits per heavy atom. The molecule has 67 heavy (non-hydrogen) atoms. The molecule has 1 N–H and O–H groups in total. The molecule has 392 valence electrons. The van der Waals surface area contributed by atoms with Gasteiger partial charge < -0.3 is 27.5 Å². The molecule has 0 saturated heterocycles. The molecule has 11 heteroatoms. The van der Waals surface area contributed by atoms with Gasteiger partial charge >= 0.3 is 5.97 Å². The van der Waals surface area contributed by atoms with Crippen molar-refractivity contribution >= 4 is 39.2 Å². The van der Waals surface area contributed by atoms with Crippen molar-refractivity contribution in [2.45, 2.75) is 253 Å². The Balaban J connectivity index is 7.08. The Kier molecular flexibility index (Phi) is 26.6. The van der Waals surface area contributed by atoms with Crippen LogP contribution in [-0.4, -0.2) is 82.0 Å². The minimum Gasteiger partial charge on any atom is -0.466 e. The molecule has 0 bridgehead atoms. The summed E-state index contributed by atoms with van der Waals surface area (Å²) >= 11 is 0. The fourth-order valence-electron chi connectivity index (χ4n) is 7.14. The van der Waals surface area contributed by atoms with Crippen molar-refractivity contribution in [3.63, 3.8) is 0 Å². The van der Waals surface area contributed by atoms with Gasteiger partial charge in [0.15, 0.2) is 33.3 Å². The first-order valence-electron chi connectivity index (χ1n) is 25.9. The van der Waals surface area contributed by atoms with E-state index in [1.807, 2.05) is 18.2 Å². The zero-order chi connectivity index (χ0) is 52.8. The van der Waals surface area contributed by atoms with Gasteiger partial charge in [0.2, 0.25) is 0 Å². The van der Waals surface area contributed by atoms with Gasteiger partial charge in [0.05, 0.1) is 37.6 Å². The molecule has 0 aromatic heterocycles. The van der Waals surface area contributed by atoms with Crippen LogP contribution in [0.4, 0.5) is 0 Å². The third-order valence-electron chi connectivity index (χ3n) is 16.3. The lowest BCUT2D eigenvalue weighted by molar-refractivity contribution is -0.134. The molecule has 0 aromatic carbocycles. The molecule has 0 fully saturated rings. The standard InChI is InChI=1S/C56H110O7Si4/c1-28-29-34-43(3)51(58)46(6)48(61-65(22,23)54(10,11)12)37-32-30-36-44(4)52(63-67(26,27)56(16,17)18)45(5)39-40-47(60-64(20,21)53(7,8)9)41-49(62-66(24,25)55(13,14)15)42(2)35-31-33-38-50(57)59-19/h28-29,31,33-35,38-40,42-49,51-52,58H,1,30,32,36-37,41H2,2-27H3/b34-29+,35-31+,38-33-,40-39-/t42-,43+,44+,45+,46+,47-,48-,49+,51+,52-/m1/s1. The van der Waals surface area contributed by atoms with Gasteiger partial charge in [-0.25, -0.2) is 4.79 Å². The Hall–Kier alpha value is -1.16. The second kappa shape index (κ2) is 27.0. The number of esters is 1. The number of carbonyl (C=O) groups excluding carboxylic acids is 1. The lowest BCUT2D eigenvalue weighted by Gasteiger charge is -2.43. The van der Waals surface area contributed by atoms with Gasteiger partial charge in [-0.2, -0.15) is 0 Å². The van der Waals surface area contributed by atoms with Crippen LogP contribution in [0.1, 0.15) is 150 Å². The molecule has 0 spiro atoms. The molecule has 0 amide bonds. The van der Waals surface area contributed by atoms with E-state index in [1.165, 1.54) is 13.2 Å². The second-order valence-electron chi connectivity index (χ2n) is 26.3. The molecule has 7 nitrogen and oxygen atoms in total. The summed E-state index contributed by atoms with van der Waals surface area (Å²) < 4.78 is 34.0. The molecular weight excluding hydrogens is 897 g/mol. The summed E-state index contributed by atoms with van der Waals surface area (Å²) in [5, 5.41) is 11.7. The number of hydrogen-bond acceptors (Lipinski definition) is 7. The lowest BCUT2D eigenvalue weighted by atomic mass is 9.85. The fraction of sp³-hybridized carbons (Fsp3) is 0.804. The van der Waals surface area contributed by atoms with E-state index in [-0.39, 0.29) is 74.2 Å². The number of carbonyl (C=O) groups is 1. The quantitative estimate of drug-likeness (QED) is 0.0209. The molecule has 0 radical (unpaired) electrons. The van der Waals surface area contributed by atoms with E-state index >= 15 is 0 Å². The number of hydrogen-bond donors (Lipinski definition) is 1. The minimum atomic E-state index is -2.21. The van der Waals surface area contributed by atoms with E-state index in [0.717, 1.165) is 25.7 Å². The van der Waals surface area contributed by atoms with Crippen LogP contribution in [-0.2, 0) is 27.2 Å². The molecule has 0 saturated carbocycles. The number of ether oxygens (including phenoxy) is 1. The first-order valence-corrected chi connectivity index (χ1v) is 37.5. The SMILES string of the molecule is C=C/C=C/[C@H](C)[C@H](O)[C@@H](C)[C@@H](CCCC[C@H](C)[C@@H](O[Si](C)(C)C(C)(C)C)[C@@H](C)/C=C\[C@H](C[C@H](O[Si](C)(C)C(C)(C)C)[C@H](C)/C=C/C=C\C(=O)OC)O[Si](C)(C)C(C)(C)C)O[Si](C)(C)C(C)(C)C. The van der Waals surface area contributed by atoms with Crippen LogP contribution in [0.2, 0.25) is 72.5 Å². The highest BCUT2D eigenvalue weighted by atomic mass is 28.4. The van der Waals surface area contributed by atoms with Gasteiger partial charge in [0.1, 0.15) is 0 Å². The highest BCUT2D eigenvalue weighted by Crippen LogP contribution is 2.44. The van der Waals surface area contributed by atoms with Crippen molar-refractivity contribution in [2.24, 2.45) is 29.6 Å². The summed E-state index contributed by atoms with van der Waals surface area (Å²) in [5.41, 5.74) is 0. The number of allylic oxidation sites excluding steroid dienone is 4. The van der Waals surface area contributed by atoms with Crippen LogP contribution in [0.5, 0.6) is 0 Å². The third kappa shape index (κ3) is 22.0. The molecule has 0 aliphatic carbocycles. The van der Waals surface area contributed by atoms with E-state index in [9.17, 15) is 9.90 Å². The minimum absolute atomic E-state index is 0.00533. The maximum atomic E-state index is 11.8. The Bertz CT molecular complexity index is 1590. The summed E-state index contributed by atoms with van der Waals surface area (Å²) in [5.74, 6) is 0.155. The number of aliphatic hydroxyl groups is 1. The molecule has 0 aliphatic rings. The zero-order valence-corrected chi connectivity index (χ0v) is 52.6. The highest BCUT2D eigenvalue weighted by molar-refractivity contribution is 6.75. The summed E-state index contributed by atoms with van der Waals surface area (Å²) in [6, 6.07) is 0. The summed E-state index contributed by atoms with van der Waals surface area (Å²) in [4.78, 5) is 11.8. The average Bonchev–Trinajstić information content (AvgIpc) is 3.17. The number of rotatable bonds is 28. The lowest BCUT2D eigenvalue weighted by Crippen LogP contribution is -2.48. The van der Waals surface area contributed by atoms with E-state index in [0.29, 0.717) is 12.3 Å². The van der Waals surface area contributed by atoms with E-state index < -0.39 is 39.4 Å². The first kappa shape index (κ1) is 65.8. The van der Waals surface area contributed by atoms with Crippen molar-refractivity contribution in [2.75, 3.05) is 7.11 Å². The molecule has 0 aliphatic heterocycles. The van der Waals surface area contributed by atoms with Crippen LogP contribution in [0.3, 0.4) is 0 Å². The van der Waals surface area contributed by atoms with Crippen LogP contribution >= 0.6 is 0 Å². The van der Waals surface area contributed by atoms with E-state index in [4.69, 9.17) is 22.4 Å². The average molecular weight is 1010 g/mol. The van der Waals surface area contributed by atoms with Gasteiger partial charge in [-0.1, -0.05) is 186 Å². The van der Waals surface area contributed by atoms with Crippen molar-refractivity contribution in [3.05, 3.63) is 61.3 Å². The normalized spacial score (nSPS) is 19.1. The predicted octanol–water partition coefficient (Wildman–Crippen LogP) is 16.6. The van der Waals surface area contributed by atoms with E-state index in [1.54, 1.807) is 12.2 Å². The van der Waals surface area contributed by atoms with Gasteiger partial charge in [-0.15, -0.1) is 0 Å². The summed E-state index contributed by atoms with van der Waals surface area (Å²) in [6.45, 7) is 61.5. The number of unbranched alkanes of at least 4 members (excludes halogenated alkanes) is 1. The van der Waals surface area contributed by atoms with Gasteiger partial charge in [-0.3, -0.25) is 0 Å².